The Morgan fingerprint density at radius 1 is 1.31 bits per heavy atom. The number of anilines is 2. The van der Waals surface area contributed by atoms with Crippen molar-refractivity contribution in [2.75, 3.05) is 16.6 Å². The molecule has 1 aliphatic carbocycles. The molecule has 0 spiro atoms. The minimum absolute atomic E-state index is 0.0829. The van der Waals surface area contributed by atoms with Crippen LogP contribution in [0.1, 0.15) is 37.3 Å². The van der Waals surface area contributed by atoms with E-state index in [1.807, 2.05) is 0 Å². The quantitative estimate of drug-likeness (QED) is 0.290. The van der Waals surface area contributed by atoms with Gasteiger partial charge in [-0.1, -0.05) is 12.8 Å². The van der Waals surface area contributed by atoms with Crippen LogP contribution in [-0.4, -0.2) is 25.8 Å². The molecule has 0 radical (unpaired) electrons. The average Bonchev–Trinajstić information content (AvgIpc) is 3.64. The molecule has 0 bridgehead atoms. The minimum atomic E-state index is -3.86. The maximum absolute atomic E-state index is 14.3. The third-order valence-electron chi connectivity index (χ3n) is 6.48. The predicted molar refractivity (Wildman–Crippen MR) is 140 cm³/mol. The zero-order valence-corrected chi connectivity index (χ0v) is 21.5. The minimum Gasteiger partial charge on any atom is -0.339 e. The molecule has 0 saturated heterocycles. The van der Waals surface area contributed by atoms with Crippen molar-refractivity contribution in [1.82, 2.24) is 4.57 Å². The normalized spacial score (nSPS) is 19.9. The predicted octanol–water partition coefficient (Wildman–Crippen LogP) is 4.52. The second-order valence-electron chi connectivity index (χ2n) is 8.95. The molecule has 2 unspecified atom stereocenters. The van der Waals surface area contributed by atoms with E-state index in [2.05, 4.69) is 14.8 Å². The number of rotatable bonds is 8. The monoisotopic (exact) mass is 532 g/mol. The molecule has 1 aliphatic heterocycles. The molecule has 1 saturated carbocycles. The van der Waals surface area contributed by atoms with E-state index in [1.165, 1.54) is 24.3 Å². The summed E-state index contributed by atoms with van der Waals surface area (Å²) in [6.07, 6.45) is 3.13. The van der Waals surface area contributed by atoms with Crippen molar-refractivity contribution >= 4 is 52.2 Å². The van der Waals surface area contributed by atoms with Gasteiger partial charge in [-0.25, -0.2) is 8.60 Å². The standard InChI is InChI=1S/C24H26FN4O5PS/c1-3-34-35(31)21-13-17(28-36(32)33)7-8-19(21)26-23(27-35)22-14(2)18-12-16(25)6-9-20(18)29(24(22)30)11-10-15-4-5-15/h6-9,12-13,15,28H,3-5,10-11H2,1-2H3,(H,32,33)(H,26,27,31). The second-order valence-corrected chi connectivity index (χ2v) is 11.6. The molecule has 36 heavy (non-hydrogen) atoms. The van der Waals surface area contributed by atoms with Crippen LogP contribution in [0.2, 0.25) is 0 Å². The number of aromatic nitrogens is 1. The molecule has 5 rings (SSSR count). The Morgan fingerprint density at radius 3 is 2.78 bits per heavy atom. The molecule has 1 fully saturated rings. The number of halogens is 1. The van der Waals surface area contributed by atoms with Gasteiger partial charge in [-0.15, -0.1) is 0 Å². The number of nitrogens with one attached hydrogen (secondary N) is 2. The number of pyridine rings is 1. The van der Waals surface area contributed by atoms with Crippen molar-refractivity contribution in [3.05, 3.63) is 63.7 Å². The SMILES string of the molecule is CCOP1(=O)N=C(c2c(C)c3cc(F)ccc3n(CCC3CC3)c2=O)Nc2ccc(NS(=O)O)cc21. The molecule has 0 amide bonds. The van der Waals surface area contributed by atoms with Gasteiger partial charge in [0.1, 0.15) is 11.7 Å². The molecule has 2 aromatic carbocycles. The molecule has 12 heteroatoms. The van der Waals surface area contributed by atoms with Crippen LogP contribution < -0.4 is 20.9 Å². The van der Waals surface area contributed by atoms with E-state index in [0.29, 0.717) is 34.6 Å². The van der Waals surface area contributed by atoms with Crippen molar-refractivity contribution in [2.24, 2.45) is 10.7 Å². The van der Waals surface area contributed by atoms with E-state index in [-0.39, 0.29) is 34.6 Å². The summed E-state index contributed by atoms with van der Waals surface area (Å²) in [7, 11) is -3.86. The van der Waals surface area contributed by atoms with Gasteiger partial charge in [0.2, 0.25) is 0 Å². The lowest BCUT2D eigenvalue weighted by atomic mass is 10.0. The highest BCUT2D eigenvalue weighted by molar-refractivity contribution is 7.80. The fraction of sp³-hybridized carbons (Fsp3) is 0.333. The fourth-order valence-electron chi connectivity index (χ4n) is 4.56. The van der Waals surface area contributed by atoms with Crippen LogP contribution in [-0.2, 0) is 26.9 Å². The molecule has 3 N–H and O–H groups in total. The first-order valence-corrected chi connectivity index (χ1v) is 14.4. The van der Waals surface area contributed by atoms with Gasteiger partial charge >= 0.3 is 7.52 Å². The smallest absolute Gasteiger partial charge is 0.339 e. The van der Waals surface area contributed by atoms with E-state index < -0.39 is 24.6 Å². The summed E-state index contributed by atoms with van der Waals surface area (Å²) in [5.41, 5.74) is 1.71. The maximum Gasteiger partial charge on any atom is 0.348 e. The Bertz CT molecular complexity index is 1540. The average molecular weight is 533 g/mol. The van der Waals surface area contributed by atoms with Crippen molar-refractivity contribution in [2.45, 2.75) is 39.7 Å². The molecular weight excluding hydrogens is 506 g/mol. The summed E-state index contributed by atoms with van der Waals surface area (Å²) in [6.45, 7) is 3.97. The van der Waals surface area contributed by atoms with E-state index in [9.17, 15) is 18.0 Å². The van der Waals surface area contributed by atoms with Gasteiger partial charge in [0.25, 0.3) is 16.8 Å². The first kappa shape index (κ1) is 24.8. The van der Waals surface area contributed by atoms with Crippen LogP contribution in [0.4, 0.5) is 15.8 Å². The molecular formula is C24H26FN4O5PS. The van der Waals surface area contributed by atoms with Gasteiger partial charge in [0.15, 0.2) is 0 Å². The van der Waals surface area contributed by atoms with E-state index >= 15 is 0 Å². The highest BCUT2D eigenvalue weighted by Gasteiger charge is 2.35. The summed E-state index contributed by atoms with van der Waals surface area (Å²) in [5, 5.41) is 3.88. The summed E-state index contributed by atoms with van der Waals surface area (Å²) >= 11 is -2.32. The van der Waals surface area contributed by atoms with Gasteiger partial charge in [-0.05, 0) is 68.1 Å². The Morgan fingerprint density at radius 2 is 2.08 bits per heavy atom. The van der Waals surface area contributed by atoms with Crippen molar-refractivity contribution in [1.29, 1.82) is 0 Å². The number of aryl methyl sites for hydroxylation is 2. The van der Waals surface area contributed by atoms with Crippen LogP contribution in [0, 0.1) is 18.7 Å². The molecule has 3 aromatic rings. The first-order chi connectivity index (χ1) is 17.2. The van der Waals surface area contributed by atoms with E-state index in [1.54, 1.807) is 30.5 Å². The van der Waals surface area contributed by atoms with Gasteiger partial charge in [0.05, 0.1) is 28.7 Å². The van der Waals surface area contributed by atoms with Crippen molar-refractivity contribution in [3.8, 4) is 0 Å². The fourth-order valence-corrected chi connectivity index (χ4v) is 6.70. The summed E-state index contributed by atoms with van der Waals surface area (Å²) in [6, 6.07) is 8.90. The van der Waals surface area contributed by atoms with Gasteiger partial charge in [-0.2, -0.15) is 4.76 Å². The Kier molecular flexibility index (Phi) is 6.59. The van der Waals surface area contributed by atoms with Crippen molar-refractivity contribution < 1.29 is 22.2 Å². The summed E-state index contributed by atoms with van der Waals surface area (Å²) < 4.78 is 62.5. The lowest BCUT2D eigenvalue weighted by Gasteiger charge is -2.26. The Labute approximate surface area is 209 Å². The largest absolute Gasteiger partial charge is 0.348 e. The van der Waals surface area contributed by atoms with Gasteiger partial charge in [0, 0.05) is 17.6 Å². The van der Waals surface area contributed by atoms with Gasteiger partial charge in [-0.3, -0.25) is 18.6 Å². The second kappa shape index (κ2) is 9.55. The van der Waals surface area contributed by atoms with Crippen LogP contribution >= 0.6 is 7.52 Å². The molecule has 2 aliphatic rings. The van der Waals surface area contributed by atoms with Crippen LogP contribution in [0.15, 0.2) is 46.0 Å². The Hall–Kier alpha value is -2.85. The lowest BCUT2D eigenvalue weighted by molar-refractivity contribution is 0.341. The molecule has 1 aromatic heterocycles. The van der Waals surface area contributed by atoms with Gasteiger partial charge < -0.3 is 14.4 Å². The third kappa shape index (κ3) is 4.64. The number of benzene rings is 2. The number of hydrogen-bond donors (Lipinski definition) is 3. The Balaban J connectivity index is 1.69. The first-order valence-electron chi connectivity index (χ1n) is 11.7. The molecule has 2 atom stereocenters. The zero-order chi connectivity index (χ0) is 25.6. The van der Waals surface area contributed by atoms with Crippen LogP contribution in [0.25, 0.3) is 10.9 Å². The maximum atomic E-state index is 14.3. The highest BCUT2D eigenvalue weighted by Crippen LogP contribution is 2.52. The number of nitrogens with zero attached hydrogens (tertiary/aromatic N) is 2. The number of hydrogen-bond acceptors (Lipinski definition) is 5. The number of fused-ring (bicyclic) bond motifs is 2. The summed E-state index contributed by atoms with van der Waals surface area (Å²) in [5.74, 6) is 0.247. The van der Waals surface area contributed by atoms with Crippen molar-refractivity contribution in [3.63, 3.8) is 0 Å². The third-order valence-corrected chi connectivity index (χ3v) is 8.94. The highest BCUT2D eigenvalue weighted by atomic mass is 32.2. The molecule has 9 nitrogen and oxygen atoms in total. The zero-order valence-electron chi connectivity index (χ0n) is 19.8. The van der Waals surface area contributed by atoms with E-state index in [4.69, 9.17) is 9.08 Å². The van der Waals surface area contributed by atoms with Crippen LogP contribution in [0.5, 0.6) is 0 Å². The number of amidine groups is 1. The molecule has 2 heterocycles. The lowest BCUT2D eigenvalue weighted by Crippen LogP contribution is -2.34. The summed E-state index contributed by atoms with van der Waals surface area (Å²) in [4.78, 5) is 13.8. The van der Waals surface area contributed by atoms with E-state index in [0.717, 1.165) is 19.3 Å². The van der Waals surface area contributed by atoms with Crippen LogP contribution in [0.3, 0.4) is 0 Å². The topological polar surface area (TPSA) is 122 Å². The molecule has 190 valence electrons.